The minimum Gasteiger partial charge on any atom is -0.454 e. The minimum atomic E-state index is -0.0495. The number of fused-ring (bicyclic) bond motifs is 1. The van der Waals surface area contributed by atoms with E-state index in [2.05, 4.69) is 10.2 Å². The van der Waals surface area contributed by atoms with Gasteiger partial charge in [0.25, 0.3) is 5.91 Å². The van der Waals surface area contributed by atoms with Crippen LogP contribution in [0.4, 0.5) is 11.4 Å². The van der Waals surface area contributed by atoms with Crippen LogP contribution >= 0.6 is 0 Å². The van der Waals surface area contributed by atoms with Gasteiger partial charge in [0.1, 0.15) is 0 Å². The quantitative estimate of drug-likeness (QED) is 0.683. The Hall–Kier alpha value is -3.58. The van der Waals surface area contributed by atoms with E-state index in [-0.39, 0.29) is 24.5 Å². The number of anilines is 2. The topological polar surface area (TPSA) is 71.1 Å². The number of hydrogen-bond acceptors (Lipinski definition) is 5. The van der Waals surface area contributed by atoms with Crippen LogP contribution in [0, 0.1) is 5.92 Å². The van der Waals surface area contributed by atoms with Crippen molar-refractivity contribution in [2.24, 2.45) is 5.92 Å². The summed E-state index contributed by atoms with van der Waals surface area (Å²) in [5.74, 6) is 1.39. The van der Waals surface area contributed by atoms with Crippen molar-refractivity contribution in [3.63, 3.8) is 0 Å². The summed E-state index contributed by atoms with van der Waals surface area (Å²) in [5, 5.41) is 5.14. The SMILES string of the molecule is O=C(Nc1ccc2c(c1)OCO2)C1CCN(CN2C(=O)c3cccc4cccc2c34)CC1. The third-order valence-corrected chi connectivity index (χ3v) is 6.59. The predicted molar refractivity (Wildman–Crippen MR) is 121 cm³/mol. The highest BCUT2D eigenvalue weighted by Crippen LogP contribution is 2.38. The zero-order valence-electron chi connectivity index (χ0n) is 17.5. The largest absolute Gasteiger partial charge is 0.454 e. The number of rotatable bonds is 4. The van der Waals surface area contributed by atoms with E-state index in [1.54, 1.807) is 6.07 Å². The standard InChI is InChI=1S/C25H23N3O4/c29-24(26-18-7-8-21-22(13-18)32-15-31-21)17-9-11-27(12-10-17)14-28-20-6-2-4-16-3-1-5-19(23(16)20)25(28)30/h1-8,13,17H,9-12,14-15H2,(H,26,29). The van der Waals surface area contributed by atoms with Crippen molar-refractivity contribution >= 4 is 34.0 Å². The molecule has 1 saturated heterocycles. The first-order valence-electron chi connectivity index (χ1n) is 10.9. The Labute approximate surface area is 185 Å². The van der Waals surface area contributed by atoms with Gasteiger partial charge in [0.2, 0.25) is 12.7 Å². The van der Waals surface area contributed by atoms with Crippen molar-refractivity contribution in [1.29, 1.82) is 0 Å². The molecule has 7 heteroatoms. The molecule has 0 bridgehead atoms. The normalized spacial score (nSPS) is 17.9. The van der Waals surface area contributed by atoms with Crippen molar-refractivity contribution in [3.05, 3.63) is 60.2 Å². The van der Waals surface area contributed by atoms with Crippen LogP contribution in [-0.2, 0) is 4.79 Å². The van der Waals surface area contributed by atoms with E-state index in [0.29, 0.717) is 18.2 Å². The van der Waals surface area contributed by atoms with E-state index in [9.17, 15) is 9.59 Å². The van der Waals surface area contributed by atoms with Crippen LogP contribution in [0.2, 0.25) is 0 Å². The molecule has 3 aliphatic heterocycles. The molecule has 2 amide bonds. The molecule has 32 heavy (non-hydrogen) atoms. The number of carbonyl (C=O) groups excluding carboxylic acids is 2. The molecule has 7 nitrogen and oxygen atoms in total. The lowest BCUT2D eigenvalue weighted by Gasteiger charge is -2.34. The molecular formula is C25H23N3O4. The van der Waals surface area contributed by atoms with Gasteiger partial charge in [-0.15, -0.1) is 0 Å². The van der Waals surface area contributed by atoms with Crippen LogP contribution in [0.15, 0.2) is 54.6 Å². The number of benzene rings is 3. The van der Waals surface area contributed by atoms with Gasteiger partial charge in [-0.3, -0.25) is 19.4 Å². The van der Waals surface area contributed by atoms with E-state index < -0.39 is 0 Å². The predicted octanol–water partition coefficient (Wildman–Crippen LogP) is 3.84. The van der Waals surface area contributed by atoms with Crippen LogP contribution in [0.3, 0.4) is 0 Å². The molecule has 0 saturated carbocycles. The highest BCUT2D eigenvalue weighted by molar-refractivity contribution is 6.24. The molecule has 3 aromatic carbocycles. The first-order valence-corrected chi connectivity index (χ1v) is 10.9. The molecule has 0 radical (unpaired) electrons. The van der Waals surface area contributed by atoms with Gasteiger partial charge in [0.05, 0.1) is 12.4 Å². The monoisotopic (exact) mass is 429 g/mol. The molecule has 3 aliphatic rings. The highest BCUT2D eigenvalue weighted by atomic mass is 16.7. The average molecular weight is 429 g/mol. The number of ether oxygens (including phenoxy) is 2. The van der Waals surface area contributed by atoms with Gasteiger partial charge in [-0.2, -0.15) is 0 Å². The average Bonchev–Trinajstić information content (AvgIpc) is 3.39. The first-order chi connectivity index (χ1) is 15.7. The Morgan fingerprint density at radius 2 is 1.78 bits per heavy atom. The van der Waals surface area contributed by atoms with Gasteiger partial charge >= 0.3 is 0 Å². The Bertz CT molecular complexity index is 1230. The lowest BCUT2D eigenvalue weighted by Crippen LogP contribution is -2.45. The Balaban J connectivity index is 1.09. The van der Waals surface area contributed by atoms with Crippen LogP contribution in [0.5, 0.6) is 11.5 Å². The molecule has 0 atom stereocenters. The number of nitrogens with zero attached hydrogens (tertiary/aromatic N) is 2. The summed E-state index contributed by atoms with van der Waals surface area (Å²) in [4.78, 5) is 29.9. The molecule has 1 fully saturated rings. The van der Waals surface area contributed by atoms with Crippen molar-refractivity contribution < 1.29 is 19.1 Å². The molecule has 3 heterocycles. The number of likely N-dealkylation sites (tertiary alicyclic amines) is 1. The van der Waals surface area contributed by atoms with Gasteiger partial charge in [-0.25, -0.2) is 0 Å². The second-order valence-electron chi connectivity index (χ2n) is 8.51. The van der Waals surface area contributed by atoms with Crippen molar-refractivity contribution in [3.8, 4) is 11.5 Å². The van der Waals surface area contributed by atoms with Crippen molar-refractivity contribution in [2.75, 3.05) is 36.8 Å². The Morgan fingerprint density at radius 3 is 2.62 bits per heavy atom. The molecule has 0 aliphatic carbocycles. The van der Waals surface area contributed by atoms with E-state index in [1.165, 1.54) is 0 Å². The second kappa shape index (κ2) is 7.53. The third-order valence-electron chi connectivity index (χ3n) is 6.59. The zero-order chi connectivity index (χ0) is 21.7. The fourth-order valence-electron chi connectivity index (χ4n) is 4.87. The van der Waals surface area contributed by atoms with Crippen molar-refractivity contribution in [1.82, 2.24) is 4.90 Å². The maximum Gasteiger partial charge on any atom is 0.260 e. The molecule has 162 valence electrons. The number of amides is 2. The van der Waals surface area contributed by atoms with Gasteiger partial charge in [-0.1, -0.05) is 24.3 Å². The zero-order valence-corrected chi connectivity index (χ0v) is 17.5. The lowest BCUT2D eigenvalue weighted by atomic mass is 9.96. The molecule has 0 aromatic heterocycles. The minimum absolute atomic E-state index is 0.0259. The number of nitrogens with one attached hydrogen (secondary N) is 1. The molecule has 6 rings (SSSR count). The summed E-state index contributed by atoms with van der Waals surface area (Å²) in [6, 6.07) is 17.4. The molecular weight excluding hydrogens is 406 g/mol. The maximum absolute atomic E-state index is 13.0. The van der Waals surface area contributed by atoms with Crippen LogP contribution in [0.1, 0.15) is 23.2 Å². The summed E-state index contributed by atoms with van der Waals surface area (Å²) in [6.45, 7) is 2.30. The van der Waals surface area contributed by atoms with Crippen LogP contribution in [-0.4, -0.2) is 43.3 Å². The summed E-state index contributed by atoms with van der Waals surface area (Å²) >= 11 is 0. The first kappa shape index (κ1) is 19.1. The summed E-state index contributed by atoms with van der Waals surface area (Å²) in [7, 11) is 0. The summed E-state index contributed by atoms with van der Waals surface area (Å²) in [5.41, 5.74) is 2.47. The van der Waals surface area contributed by atoms with Crippen LogP contribution < -0.4 is 19.7 Å². The highest BCUT2D eigenvalue weighted by Gasteiger charge is 2.32. The maximum atomic E-state index is 13.0. The van der Waals surface area contributed by atoms with Gasteiger partial charge < -0.3 is 14.8 Å². The van der Waals surface area contributed by atoms with E-state index in [1.807, 2.05) is 53.4 Å². The molecule has 1 N–H and O–H groups in total. The fraction of sp³-hybridized carbons (Fsp3) is 0.280. The van der Waals surface area contributed by atoms with Gasteiger partial charge in [0, 0.05) is 41.7 Å². The molecule has 0 spiro atoms. The van der Waals surface area contributed by atoms with Crippen LogP contribution in [0.25, 0.3) is 10.8 Å². The Kier molecular flexibility index (Phi) is 4.50. The molecule has 3 aromatic rings. The lowest BCUT2D eigenvalue weighted by molar-refractivity contribution is -0.121. The van der Waals surface area contributed by atoms with E-state index in [4.69, 9.17) is 9.47 Å². The Morgan fingerprint density at radius 1 is 1.00 bits per heavy atom. The summed E-state index contributed by atoms with van der Waals surface area (Å²) in [6.07, 6.45) is 1.52. The smallest absolute Gasteiger partial charge is 0.260 e. The third kappa shape index (κ3) is 3.17. The number of hydrogen-bond donors (Lipinski definition) is 1. The van der Waals surface area contributed by atoms with Gasteiger partial charge in [0.15, 0.2) is 11.5 Å². The second-order valence-corrected chi connectivity index (χ2v) is 8.51. The van der Waals surface area contributed by atoms with E-state index >= 15 is 0 Å². The molecule has 0 unspecified atom stereocenters. The van der Waals surface area contributed by atoms with Gasteiger partial charge in [-0.05, 0) is 42.5 Å². The fourth-order valence-corrected chi connectivity index (χ4v) is 4.87. The number of carbonyl (C=O) groups is 2. The van der Waals surface area contributed by atoms with E-state index in [0.717, 1.165) is 53.6 Å². The summed E-state index contributed by atoms with van der Waals surface area (Å²) < 4.78 is 10.7. The van der Waals surface area contributed by atoms with Crippen molar-refractivity contribution in [2.45, 2.75) is 12.8 Å². The number of piperidine rings is 1.